The molecule has 0 spiro atoms. The normalized spacial score (nSPS) is 18.8. The van der Waals surface area contributed by atoms with Crippen LogP contribution in [0.1, 0.15) is 5.56 Å². The molecular weight excluding hydrogens is 557 g/mol. The van der Waals surface area contributed by atoms with Gasteiger partial charge in [-0.3, -0.25) is 4.90 Å². The number of nitrogens with zero attached hydrogens (tertiary/aromatic N) is 2. The van der Waals surface area contributed by atoms with Crippen molar-refractivity contribution < 1.29 is 37.9 Å². The molecule has 2 saturated heterocycles. The number of carbonyl (C=O) groups is 1. The molecule has 2 heterocycles. The summed E-state index contributed by atoms with van der Waals surface area (Å²) in [6.45, 7) is 2.76. The fourth-order valence-electron chi connectivity index (χ4n) is 4.13. The third kappa shape index (κ3) is 7.33. The molecule has 204 valence electrons. The maximum atomic E-state index is 14.8. The van der Waals surface area contributed by atoms with E-state index in [9.17, 15) is 28.4 Å². The molecule has 0 radical (unpaired) electrons. The Kier molecular flexibility index (Phi) is 9.78. The molecule has 2 unspecified atom stereocenters. The third-order valence-corrected chi connectivity index (χ3v) is 8.98. The van der Waals surface area contributed by atoms with E-state index in [1.807, 2.05) is 4.90 Å². The van der Waals surface area contributed by atoms with Crippen molar-refractivity contribution in [3.63, 3.8) is 0 Å². The summed E-state index contributed by atoms with van der Waals surface area (Å²) in [7, 11) is -5.25. The molecule has 2 aromatic rings. The molecule has 2 aliphatic heterocycles. The Morgan fingerprint density at radius 2 is 1.92 bits per heavy atom. The molecule has 5 N–H and O–H groups in total. The van der Waals surface area contributed by atoms with E-state index in [0.29, 0.717) is 54.0 Å². The zero-order valence-electron chi connectivity index (χ0n) is 20.2. The van der Waals surface area contributed by atoms with Crippen molar-refractivity contribution in [3.8, 4) is 0 Å². The van der Waals surface area contributed by atoms with Crippen LogP contribution in [-0.2, 0) is 20.5 Å². The number of morpholine rings is 1. The number of nitrogens with one attached hydrogen (secondary N) is 2. The van der Waals surface area contributed by atoms with Crippen LogP contribution in [0.4, 0.5) is 26.2 Å². The Labute approximate surface area is 226 Å². The lowest BCUT2D eigenvalue weighted by molar-refractivity contribution is 0.122. The van der Waals surface area contributed by atoms with Crippen LogP contribution >= 0.6 is 28.6 Å². The van der Waals surface area contributed by atoms with E-state index in [2.05, 4.69) is 10.6 Å². The summed E-state index contributed by atoms with van der Waals surface area (Å²) in [4.78, 5) is 43.6. The molecule has 0 aromatic heterocycles. The van der Waals surface area contributed by atoms with Gasteiger partial charge in [0.15, 0.2) is 5.11 Å². The first kappa shape index (κ1) is 28.5. The summed E-state index contributed by atoms with van der Waals surface area (Å²) < 4.78 is 36.8. The number of rotatable bonds is 9. The highest BCUT2D eigenvalue weighted by atomic mass is 32.1. The second-order valence-corrected chi connectivity index (χ2v) is 12.0. The Balaban J connectivity index is 1.26. The molecular formula is C23H28FN4O7P2S+. The zero-order valence-corrected chi connectivity index (χ0v) is 22.8. The average Bonchev–Trinajstić information content (AvgIpc) is 3.27. The highest BCUT2D eigenvalue weighted by Crippen LogP contribution is 2.46. The van der Waals surface area contributed by atoms with Gasteiger partial charge in [-0.05, 0) is 52.7 Å². The quantitative estimate of drug-likeness (QED) is 0.219. The van der Waals surface area contributed by atoms with Gasteiger partial charge in [0.2, 0.25) is 8.38 Å². The van der Waals surface area contributed by atoms with Crippen molar-refractivity contribution in [2.75, 3.05) is 54.5 Å². The topological polar surface area (TPSA) is 144 Å². The van der Waals surface area contributed by atoms with Gasteiger partial charge < -0.3 is 34.8 Å². The Morgan fingerprint density at radius 3 is 2.55 bits per heavy atom. The first-order valence-electron chi connectivity index (χ1n) is 11.8. The summed E-state index contributed by atoms with van der Waals surface area (Å²) in [6, 6.07) is 11.5. The Hall–Kier alpha value is -2.50. The highest BCUT2D eigenvalue weighted by molar-refractivity contribution is 7.80. The summed E-state index contributed by atoms with van der Waals surface area (Å²) >= 11 is 5.31. The van der Waals surface area contributed by atoms with E-state index >= 15 is 0 Å². The van der Waals surface area contributed by atoms with E-state index in [1.165, 1.54) is 11.0 Å². The molecule has 1 amide bonds. The van der Waals surface area contributed by atoms with Gasteiger partial charge in [0, 0.05) is 25.2 Å². The van der Waals surface area contributed by atoms with Gasteiger partial charge in [0.05, 0.1) is 37.7 Å². The first-order valence-corrected chi connectivity index (χ1v) is 14.8. The number of amides is 1. The predicted octanol–water partition coefficient (Wildman–Crippen LogP) is 2.87. The lowest BCUT2D eigenvalue weighted by Gasteiger charge is -2.29. The minimum absolute atomic E-state index is 0.0524. The molecule has 2 fully saturated rings. The van der Waals surface area contributed by atoms with Crippen molar-refractivity contribution in [2.24, 2.45) is 0 Å². The number of carbonyl (C=O) groups excluding carboxylic acids is 1. The smallest absolute Gasteiger partial charge is 0.442 e. The number of benzene rings is 2. The van der Waals surface area contributed by atoms with Gasteiger partial charge in [0.1, 0.15) is 11.9 Å². The van der Waals surface area contributed by atoms with Crippen LogP contribution in [0.25, 0.3) is 0 Å². The highest BCUT2D eigenvalue weighted by Gasteiger charge is 2.37. The average molecular weight is 586 g/mol. The second-order valence-electron chi connectivity index (χ2n) is 8.69. The van der Waals surface area contributed by atoms with Crippen molar-refractivity contribution in [1.29, 1.82) is 0 Å². The molecule has 2 aliphatic rings. The SMILES string of the molecule is O=C1O[C@@H](CNC(=S)Nc2ccc(CC(P(O)O)[P+](=O)O)cc2)CN1c1ccc(N2CCOCC2)c(F)c1. The van der Waals surface area contributed by atoms with Gasteiger partial charge in [-0.25, -0.2) is 9.18 Å². The monoisotopic (exact) mass is 585 g/mol. The maximum absolute atomic E-state index is 14.8. The number of ether oxygens (including phenoxy) is 2. The van der Waals surface area contributed by atoms with E-state index in [-0.39, 0.29) is 19.5 Å². The van der Waals surface area contributed by atoms with E-state index in [0.717, 1.165) is 0 Å². The molecule has 0 bridgehead atoms. The summed E-state index contributed by atoms with van der Waals surface area (Å²) in [6.07, 6.45) is -1.02. The van der Waals surface area contributed by atoms with Crippen LogP contribution in [0.15, 0.2) is 42.5 Å². The second kappa shape index (κ2) is 13.0. The standard InChI is InChI=1S/C23H27FN4O7P2S/c24-19-12-17(5-6-20(19)27-7-9-34-10-8-27)28-14-18(35-23(28)29)13-25-22(38)26-16-3-1-15(2-4-16)11-21(36(30)31)37(32)33/h1-6,12,18,21,30-31H,7-11,13-14H2,(H2-,25,26,32,33,38)/p+1/t18-,21?/m0/s1. The first-order chi connectivity index (χ1) is 18.2. The summed E-state index contributed by atoms with van der Waals surface area (Å²) in [5.74, 6) is -0.413. The molecule has 0 aliphatic carbocycles. The number of cyclic esters (lactones) is 1. The van der Waals surface area contributed by atoms with E-state index in [1.54, 1.807) is 36.4 Å². The molecule has 0 saturated carbocycles. The molecule has 4 rings (SSSR count). The number of hydrogen-bond acceptors (Lipinski definition) is 8. The van der Waals surface area contributed by atoms with Crippen LogP contribution in [0.5, 0.6) is 0 Å². The van der Waals surface area contributed by atoms with Gasteiger partial charge in [0.25, 0.3) is 5.40 Å². The van der Waals surface area contributed by atoms with Gasteiger partial charge in [-0.1, -0.05) is 12.1 Å². The molecule has 11 nitrogen and oxygen atoms in total. The van der Waals surface area contributed by atoms with Crippen LogP contribution in [0.2, 0.25) is 0 Å². The molecule has 38 heavy (non-hydrogen) atoms. The number of thiocarbonyl (C=S) groups is 1. The summed E-state index contributed by atoms with van der Waals surface area (Å²) in [5.41, 5.74) is 2.20. The lowest BCUT2D eigenvalue weighted by Crippen LogP contribution is -2.37. The molecule has 2 aromatic carbocycles. The minimum atomic E-state index is -2.72. The minimum Gasteiger partial charge on any atom is -0.442 e. The van der Waals surface area contributed by atoms with E-state index in [4.69, 9.17) is 21.7 Å². The predicted molar refractivity (Wildman–Crippen MR) is 146 cm³/mol. The molecule has 15 heteroatoms. The van der Waals surface area contributed by atoms with Gasteiger partial charge >= 0.3 is 14.1 Å². The van der Waals surface area contributed by atoms with Crippen LogP contribution in [-0.4, -0.2) is 76.8 Å². The van der Waals surface area contributed by atoms with Crippen LogP contribution in [0, 0.1) is 5.82 Å². The Morgan fingerprint density at radius 1 is 1.21 bits per heavy atom. The van der Waals surface area contributed by atoms with Crippen LogP contribution < -0.4 is 20.4 Å². The van der Waals surface area contributed by atoms with E-state index < -0.39 is 39.8 Å². The zero-order chi connectivity index (χ0) is 27.2. The fourth-order valence-corrected chi connectivity index (χ4v) is 5.78. The van der Waals surface area contributed by atoms with Gasteiger partial charge in [-0.2, -0.15) is 4.89 Å². The van der Waals surface area contributed by atoms with Crippen molar-refractivity contribution >= 4 is 56.9 Å². The fraction of sp³-hybridized carbons (Fsp3) is 0.391. The molecule has 3 atom stereocenters. The van der Waals surface area contributed by atoms with Crippen LogP contribution in [0.3, 0.4) is 0 Å². The number of hydrogen-bond donors (Lipinski definition) is 5. The lowest BCUT2D eigenvalue weighted by atomic mass is 10.1. The van der Waals surface area contributed by atoms with Crippen molar-refractivity contribution in [1.82, 2.24) is 5.32 Å². The number of anilines is 3. The van der Waals surface area contributed by atoms with Gasteiger partial charge in [-0.15, -0.1) is 0 Å². The Bertz CT molecular complexity index is 1170. The van der Waals surface area contributed by atoms with Crippen molar-refractivity contribution in [3.05, 3.63) is 53.8 Å². The largest absolute Gasteiger partial charge is 0.518 e. The third-order valence-electron chi connectivity index (χ3n) is 6.11. The van der Waals surface area contributed by atoms with Crippen molar-refractivity contribution in [2.45, 2.75) is 17.9 Å². The maximum Gasteiger partial charge on any atom is 0.518 e. The number of halogens is 1. The summed E-state index contributed by atoms with van der Waals surface area (Å²) in [5, 5.41) is 5.16.